The lowest BCUT2D eigenvalue weighted by atomic mass is 10.2. The molecule has 0 aliphatic carbocycles. The minimum Gasteiger partial charge on any atom is -0.476 e. The summed E-state index contributed by atoms with van der Waals surface area (Å²) in [6, 6.07) is 4.43. The van der Waals surface area contributed by atoms with E-state index in [9.17, 15) is 9.18 Å². The van der Waals surface area contributed by atoms with Crippen LogP contribution in [0.15, 0.2) is 28.1 Å². The molecule has 0 spiro atoms. The van der Waals surface area contributed by atoms with Crippen molar-refractivity contribution in [3.05, 3.63) is 38.9 Å². The Morgan fingerprint density at radius 2 is 2.25 bits per heavy atom. The van der Waals surface area contributed by atoms with E-state index in [1.54, 1.807) is 17.5 Å². The Balaban J connectivity index is 2.42. The molecule has 82 valence electrons. The van der Waals surface area contributed by atoms with Crippen molar-refractivity contribution in [1.29, 1.82) is 0 Å². The second-order valence-electron chi connectivity index (χ2n) is 2.97. The number of hydrogen-bond donors (Lipinski definition) is 1. The first-order valence-corrected chi connectivity index (χ1v) is 5.89. The van der Waals surface area contributed by atoms with Crippen LogP contribution in [0.1, 0.15) is 9.80 Å². The van der Waals surface area contributed by atoms with Crippen molar-refractivity contribution in [2.24, 2.45) is 0 Å². The summed E-state index contributed by atoms with van der Waals surface area (Å²) in [6.07, 6.45) is 0. The smallest absolute Gasteiger partial charge is 0.365 e. The molecule has 0 aliphatic heterocycles. The van der Waals surface area contributed by atoms with E-state index in [4.69, 9.17) is 5.11 Å². The van der Waals surface area contributed by atoms with Crippen molar-refractivity contribution in [3.8, 4) is 11.3 Å². The van der Waals surface area contributed by atoms with Crippen LogP contribution in [0, 0.1) is 5.82 Å². The number of halogens is 2. The lowest BCUT2D eigenvalue weighted by Gasteiger charge is -1.98. The minimum atomic E-state index is -1.06. The van der Waals surface area contributed by atoms with Crippen LogP contribution in [-0.2, 0) is 0 Å². The molecule has 0 aliphatic rings. The van der Waals surface area contributed by atoms with Crippen LogP contribution >= 0.6 is 27.3 Å². The monoisotopic (exact) mass is 301 g/mol. The number of aromatic carboxylic acids is 1. The summed E-state index contributed by atoms with van der Waals surface area (Å²) in [7, 11) is 0. The first-order valence-electron chi connectivity index (χ1n) is 4.22. The summed E-state index contributed by atoms with van der Waals surface area (Å²) < 4.78 is 13.3. The summed E-state index contributed by atoms with van der Waals surface area (Å²) in [4.78, 5) is 14.6. The fourth-order valence-electron chi connectivity index (χ4n) is 1.16. The summed E-state index contributed by atoms with van der Waals surface area (Å²) >= 11 is 4.11. The van der Waals surface area contributed by atoms with E-state index < -0.39 is 5.97 Å². The van der Waals surface area contributed by atoms with Gasteiger partial charge in [-0.25, -0.2) is 14.2 Å². The summed E-state index contributed by atoms with van der Waals surface area (Å²) in [5, 5.41) is 10.4. The molecule has 0 amide bonds. The molecule has 6 heteroatoms. The number of carbonyl (C=O) groups is 1. The third-order valence-corrected chi connectivity index (χ3v) is 3.34. The summed E-state index contributed by atoms with van der Waals surface area (Å²) in [5.41, 5.74) is 1.21. The molecule has 2 aromatic rings. The molecule has 0 fully saturated rings. The van der Waals surface area contributed by atoms with E-state index in [2.05, 4.69) is 20.9 Å². The fraction of sp³-hybridized carbons (Fsp3) is 0. The first kappa shape index (κ1) is 11.2. The van der Waals surface area contributed by atoms with Gasteiger partial charge in [0.25, 0.3) is 0 Å². The van der Waals surface area contributed by atoms with Crippen molar-refractivity contribution < 1.29 is 14.3 Å². The summed E-state index contributed by atoms with van der Waals surface area (Å²) in [5.74, 6) is -1.42. The van der Waals surface area contributed by atoms with Gasteiger partial charge in [0.2, 0.25) is 5.01 Å². The van der Waals surface area contributed by atoms with Gasteiger partial charge in [0, 0.05) is 10.9 Å². The number of nitrogens with zero attached hydrogens (tertiary/aromatic N) is 1. The fourth-order valence-corrected chi connectivity index (χ4v) is 2.20. The van der Waals surface area contributed by atoms with Crippen LogP contribution in [0.4, 0.5) is 4.39 Å². The molecular formula is C10H5BrFNO2S. The van der Waals surface area contributed by atoms with Gasteiger partial charge in [0.15, 0.2) is 0 Å². The van der Waals surface area contributed by atoms with Crippen LogP contribution in [-0.4, -0.2) is 16.1 Å². The van der Waals surface area contributed by atoms with Crippen LogP contribution in [0.25, 0.3) is 11.3 Å². The molecular weight excluding hydrogens is 297 g/mol. The van der Waals surface area contributed by atoms with E-state index in [-0.39, 0.29) is 10.8 Å². The molecule has 0 radical (unpaired) electrons. The Labute approximate surface area is 103 Å². The number of hydrogen-bond acceptors (Lipinski definition) is 3. The van der Waals surface area contributed by atoms with Crippen LogP contribution in [0.2, 0.25) is 0 Å². The highest BCUT2D eigenvalue weighted by molar-refractivity contribution is 9.10. The minimum absolute atomic E-state index is 0.0236. The topological polar surface area (TPSA) is 50.2 Å². The van der Waals surface area contributed by atoms with Gasteiger partial charge < -0.3 is 5.11 Å². The second-order valence-corrected chi connectivity index (χ2v) is 4.68. The quantitative estimate of drug-likeness (QED) is 0.925. The van der Waals surface area contributed by atoms with E-state index in [0.717, 1.165) is 11.3 Å². The molecule has 0 atom stereocenters. The number of benzene rings is 1. The number of carboxylic acid groups (broad SMARTS) is 1. The lowest BCUT2D eigenvalue weighted by Crippen LogP contribution is -1.94. The van der Waals surface area contributed by atoms with Gasteiger partial charge in [-0.1, -0.05) is 0 Å². The van der Waals surface area contributed by atoms with Crippen molar-refractivity contribution in [3.63, 3.8) is 0 Å². The van der Waals surface area contributed by atoms with Gasteiger partial charge in [0.05, 0.1) is 10.2 Å². The average molecular weight is 302 g/mol. The Morgan fingerprint density at radius 3 is 2.81 bits per heavy atom. The van der Waals surface area contributed by atoms with Crippen LogP contribution in [0.3, 0.4) is 0 Å². The first-order chi connectivity index (χ1) is 7.58. The lowest BCUT2D eigenvalue weighted by molar-refractivity contribution is 0.0696. The predicted molar refractivity (Wildman–Crippen MR) is 62.2 cm³/mol. The number of rotatable bonds is 2. The van der Waals surface area contributed by atoms with Crippen molar-refractivity contribution in [2.75, 3.05) is 0 Å². The number of carboxylic acids is 1. The largest absolute Gasteiger partial charge is 0.476 e. The van der Waals surface area contributed by atoms with Crippen molar-refractivity contribution in [1.82, 2.24) is 4.98 Å². The second kappa shape index (κ2) is 4.31. The molecule has 16 heavy (non-hydrogen) atoms. The third-order valence-electron chi connectivity index (χ3n) is 1.90. The van der Waals surface area contributed by atoms with Gasteiger partial charge in [-0.15, -0.1) is 11.3 Å². The van der Waals surface area contributed by atoms with Gasteiger partial charge in [-0.2, -0.15) is 0 Å². The SMILES string of the molecule is O=C(O)c1nc(-c2ccc(F)c(Br)c2)cs1. The van der Waals surface area contributed by atoms with Gasteiger partial charge in [-0.05, 0) is 34.1 Å². The van der Waals surface area contributed by atoms with Gasteiger partial charge in [0.1, 0.15) is 5.82 Å². The molecule has 0 saturated carbocycles. The maximum Gasteiger partial charge on any atom is 0.365 e. The molecule has 1 heterocycles. The molecule has 2 rings (SSSR count). The Kier molecular flexibility index (Phi) is 3.02. The average Bonchev–Trinajstić information content (AvgIpc) is 2.71. The molecule has 0 unspecified atom stereocenters. The maximum atomic E-state index is 13.0. The standard InChI is InChI=1S/C10H5BrFNO2S/c11-6-3-5(1-2-7(6)12)8-4-16-9(13-8)10(14)15/h1-4H,(H,14,15). The number of thiazole rings is 1. The van der Waals surface area contributed by atoms with Gasteiger partial charge in [-0.3, -0.25) is 0 Å². The Hall–Kier alpha value is -1.27. The van der Waals surface area contributed by atoms with E-state index in [0.29, 0.717) is 15.7 Å². The summed E-state index contributed by atoms with van der Waals surface area (Å²) in [6.45, 7) is 0. The Bertz CT molecular complexity index is 556. The highest BCUT2D eigenvalue weighted by Crippen LogP contribution is 2.26. The van der Waals surface area contributed by atoms with Crippen molar-refractivity contribution in [2.45, 2.75) is 0 Å². The van der Waals surface area contributed by atoms with Crippen LogP contribution < -0.4 is 0 Å². The molecule has 0 bridgehead atoms. The highest BCUT2D eigenvalue weighted by Gasteiger charge is 2.11. The molecule has 1 N–H and O–H groups in total. The van der Waals surface area contributed by atoms with E-state index in [1.165, 1.54) is 6.07 Å². The van der Waals surface area contributed by atoms with E-state index in [1.807, 2.05) is 0 Å². The maximum absolute atomic E-state index is 13.0. The molecule has 3 nitrogen and oxygen atoms in total. The normalized spacial score (nSPS) is 10.4. The molecule has 1 aromatic carbocycles. The molecule has 0 saturated heterocycles. The zero-order valence-electron chi connectivity index (χ0n) is 7.78. The van der Waals surface area contributed by atoms with E-state index >= 15 is 0 Å². The molecule has 1 aromatic heterocycles. The predicted octanol–water partition coefficient (Wildman–Crippen LogP) is 3.41. The Morgan fingerprint density at radius 1 is 1.50 bits per heavy atom. The zero-order valence-corrected chi connectivity index (χ0v) is 10.2. The number of aromatic nitrogens is 1. The van der Waals surface area contributed by atoms with Crippen LogP contribution in [0.5, 0.6) is 0 Å². The highest BCUT2D eigenvalue weighted by atomic mass is 79.9. The van der Waals surface area contributed by atoms with Gasteiger partial charge >= 0.3 is 5.97 Å². The zero-order chi connectivity index (χ0) is 11.7. The van der Waals surface area contributed by atoms with Crippen molar-refractivity contribution >= 4 is 33.2 Å². The third kappa shape index (κ3) is 2.12.